The van der Waals surface area contributed by atoms with Gasteiger partial charge < -0.3 is 14.7 Å². The summed E-state index contributed by atoms with van der Waals surface area (Å²) < 4.78 is 13.2. The third-order valence-corrected chi connectivity index (χ3v) is 7.16. The summed E-state index contributed by atoms with van der Waals surface area (Å²) in [7, 11) is 0. The molecule has 3 aliphatic rings. The smallest absolute Gasteiger partial charge is 0.239 e. The van der Waals surface area contributed by atoms with Crippen molar-refractivity contribution in [1.29, 1.82) is 0 Å². The lowest BCUT2D eigenvalue weighted by molar-refractivity contribution is -0.139. The van der Waals surface area contributed by atoms with E-state index in [1.165, 1.54) is 18.6 Å². The van der Waals surface area contributed by atoms with Crippen LogP contribution in [0.2, 0.25) is 0 Å². The van der Waals surface area contributed by atoms with Crippen LogP contribution in [0.25, 0.3) is 0 Å². The maximum atomic E-state index is 13.2. The first-order chi connectivity index (χ1) is 15.5. The van der Waals surface area contributed by atoms with Crippen molar-refractivity contribution >= 4 is 17.5 Å². The van der Waals surface area contributed by atoms with E-state index >= 15 is 0 Å². The molecular formula is C24H36FN5O2. The van der Waals surface area contributed by atoms with Gasteiger partial charge >= 0.3 is 0 Å². The van der Waals surface area contributed by atoms with Crippen LogP contribution in [-0.4, -0.2) is 109 Å². The van der Waals surface area contributed by atoms with Gasteiger partial charge in [0.1, 0.15) is 5.82 Å². The molecule has 1 atom stereocenters. The number of halogens is 1. The average Bonchev–Trinajstić information content (AvgIpc) is 2.85. The summed E-state index contributed by atoms with van der Waals surface area (Å²) in [6.45, 7) is 10.5. The Bertz CT molecular complexity index is 767. The van der Waals surface area contributed by atoms with E-state index in [4.69, 9.17) is 0 Å². The van der Waals surface area contributed by atoms with E-state index in [2.05, 4.69) is 14.7 Å². The van der Waals surface area contributed by atoms with Gasteiger partial charge in [0.25, 0.3) is 0 Å². The van der Waals surface area contributed by atoms with E-state index in [9.17, 15) is 14.0 Å². The summed E-state index contributed by atoms with van der Waals surface area (Å²) in [5.41, 5.74) is 1.00. The Morgan fingerprint density at radius 2 is 1.44 bits per heavy atom. The molecule has 1 aromatic carbocycles. The van der Waals surface area contributed by atoms with Crippen molar-refractivity contribution in [2.24, 2.45) is 0 Å². The Labute approximate surface area is 190 Å². The molecule has 7 nitrogen and oxygen atoms in total. The van der Waals surface area contributed by atoms with E-state index in [1.807, 2.05) is 16.7 Å². The summed E-state index contributed by atoms with van der Waals surface area (Å²) in [4.78, 5) is 36.3. The Kier molecular flexibility index (Phi) is 7.63. The van der Waals surface area contributed by atoms with Crippen LogP contribution < -0.4 is 4.90 Å². The van der Waals surface area contributed by atoms with Crippen molar-refractivity contribution in [3.05, 3.63) is 30.1 Å². The van der Waals surface area contributed by atoms with E-state index < -0.39 is 0 Å². The summed E-state index contributed by atoms with van der Waals surface area (Å²) in [5.74, 6) is 0.204. The number of carbonyl (C=O) groups excluding carboxylic acids is 2. The van der Waals surface area contributed by atoms with Gasteiger partial charge in [-0.3, -0.25) is 19.4 Å². The predicted molar refractivity (Wildman–Crippen MR) is 123 cm³/mol. The number of likely N-dealkylation sites (tertiary alicyclic amines) is 1. The number of rotatable bonds is 5. The fourth-order valence-electron chi connectivity index (χ4n) is 5.00. The second kappa shape index (κ2) is 10.6. The molecule has 2 amide bonds. The van der Waals surface area contributed by atoms with Gasteiger partial charge in [0, 0.05) is 71.1 Å². The molecule has 0 spiro atoms. The molecule has 8 heteroatoms. The third-order valence-electron chi connectivity index (χ3n) is 7.16. The molecule has 1 aromatic rings. The van der Waals surface area contributed by atoms with Crippen LogP contribution >= 0.6 is 0 Å². The van der Waals surface area contributed by atoms with Crippen LogP contribution in [0.3, 0.4) is 0 Å². The van der Waals surface area contributed by atoms with Crippen molar-refractivity contribution in [3.63, 3.8) is 0 Å². The number of piperidine rings is 1. The topological polar surface area (TPSA) is 50.3 Å². The molecular weight excluding hydrogens is 409 g/mol. The predicted octanol–water partition coefficient (Wildman–Crippen LogP) is 1.49. The molecule has 0 N–H and O–H groups in total. The standard InChI is InChI=1S/C24H36FN5O2/c1-20(24(32)30-17-15-28(16-18-30)22-7-5-21(25)6-8-22)27-13-11-26(12-14-27)19-23(31)29-9-3-2-4-10-29/h5-8,20H,2-4,9-19H2,1H3. The first-order valence-corrected chi connectivity index (χ1v) is 12.0. The number of benzene rings is 1. The quantitative estimate of drug-likeness (QED) is 0.688. The number of amides is 2. The van der Waals surface area contributed by atoms with Crippen LogP contribution in [0.5, 0.6) is 0 Å². The summed E-state index contributed by atoms with van der Waals surface area (Å²) in [5, 5.41) is 0. The van der Waals surface area contributed by atoms with Crippen molar-refractivity contribution in [2.45, 2.75) is 32.2 Å². The Balaban J connectivity index is 1.20. The Morgan fingerprint density at radius 3 is 2.06 bits per heavy atom. The first-order valence-electron chi connectivity index (χ1n) is 12.0. The van der Waals surface area contributed by atoms with Crippen LogP contribution in [-0.2, 0) is 9.59 Å². The fourth-order valence-corrected chi connectivity index (χ4v) is 5.00. The van der Waals surface area contributed by atoms with Crippen LogP contribution in [0, 0.1) is 5.82 Å². The van der Waals surface area contributed by atoms with Gasteiger partial charge in [0.15, 0.2) is 0 Å². The monoisotopic (exact) mass is 445 g/mol. The van der Waals surface area contributed by atoms with E-state index in [1.54, 1.807) is 12.1 Å². The van der Waals surface area contributed by atoms with E-state index in [0.717, 1.165) is 70.9 Å². The molecule has 0 radical (unpaired) electrons. The normalized spacial score (nSPS) is 22.1. The molecule has 176 valence electrons. The lowest BCUT2D eigenvalue weighted by atomic mass is 10.1. The number of hydrogen-bond acceptors (Lipinski definition) is 5. The number of nitrogens with zero attached hydrogens (tertiary/aromatic N) is 5. The highest BCUT2D eigenvalue weighted by molar-refractivity contribution is 5.82. The zero-order valence-corrected chi connectivity index (χ0v) is 19.2. The average molecular weight is 446 g/mol. The first kappa shape index (κ1) is 23.0. The van der Waals surface area contributed by atoms with Gasteiger partial charge in [-0.1, -0.05) is 0 Å². The second-order valence-electron chi connectivity index (χ2n) is 9.22. The number of carbonyl (C=O) groups is 2. The Hall–Kier alpha value is -2.19. The van der Waals surface area contributed by atoms with Gasteiger partial charge in [0.2, 0.25) is 11.8 Å². The van der Waals surface area contributed by atoms with E-state index in [-0.39, 0.29) is 23.7 Å². The highest BCUT2D eigenvalue weighted by atomic mass is 19.1. The fraction of sp³-hybridized carbons (Fsp3) is 0.667. The summed E-state index contributed by atoms with van der Waals surface area (Å²) in [6.07, 6.45) is 3.48. The molecule has 3 heterocycles. The lowest BCUT2D eigenvalue weighted by Gasteiger charge is -2.41. The maximum Gasteiger partial charge on any atom is 0.239 e. The SMILES string of the molecule is CC(C(=O)N1CCN(c2ccc(F)cc2)CC1)N1CCN(CC(=O)N2CCCCC2)CC1. The van der Waals surface area contributed by atoms with Crippen molar-refractivity contribution in [2.75, 3.05) is 76.9 Å². The zero-order chi connectivity index (χ0) is 22.5. The molecule has 3 aliphatic heterocycles. The van der Waals surface area contributed by atoms with Gasteiger partial charge in [-0.15, -0.1) is 0 Å². The van der Waals surface area contributed by atoms with Crippen LogP contribution in [0.4, 0.5) is 10.1 Å². The second-order valence-corrected chi connectivity index (χ2v) is 9.22. The number of anilines is 1. The van der Waals surface area contributed by atoms with Crippen LogP contribution in [0.1, 0.15) is 26.2 Å². The molecule has 3 saturated heterocycles. The minimum Gasteiger partial charge on any atom is -0.368 e. The lowest BCUT2D eigenvalue weighted by Crippen LogP contribution is -2.58. The van der Waals surface area contributed by atoms with E-state index in [0.29, 0.717) is 19.6 Å². The molecule has 32 heavy (non-hydrogen) atoms. The number of piperazine rings is 2. The highest BCUT2D eigenvalue weighted by Gasteiger charge is 2.31. The largest absolute Gasteiger partial charge is 0.368 e. The molecule has 4 rings (SSSR count). The molecule has 0 saturated carbocycles. The highest BCUT2D eigenvalue weighted by Crippen LogP contribution is 2.18. The minimum atomic E-state index is -0.229. The summed E-state index contributed by atoms with van der Waals surface area (Å²) in [6, 6.07) is 6.41. The van der Waals surface area contributed by atoms with Gasteiger partial charge in [-0.2, -0.15) is 0 Å². The molecule has 0 aliphatic carbocycles. The van der Waals surface area contributed by atoms with Crippen molar-refractivity contribution in [1.82, 2.24) is 19.6 Å². The molecule has 0 bridgehead atoms. The minimum absolute atomic E-state index is 0.146. The molecule has 1 unspecified atom stereocenters. The number of hydrogen-bond donors (Lipinski definition) is 0. The van der Waals surface area contributed by atoms with Gasteiger partial charge in [0.05, 0.1) is 12.6 Å². The molecule has 0 aromatic heterocycles. The molecule has 3 fully saturated rings. The van der Waals surface area contributed by atoms with Crippen LogP contribution in [0.15, 0.2) is 24.3 Å². The Morgan fingerprint density at radius 1 is 0.812 bits per heavy atom. The third kappa shape index (κ3) is 5.59. The van der Waals surface area contributed by atoms with Gasteiger partial charge in [-0.25, -0.2) is 4.39 Å². The van der Waals surface area contributed by atoms with Crippen molar-refractivity contribution < 1.29 is 14.0 Å². The zero-order valence-electron chi connectivity index (χ0n) is 19.2. The summed E-state index contributed by atoms with van der Waals surface area (Å²) >= 11 is 0. The van der Waals surface area contributed by atoms with Crippen molar-refractivity contribution in [3.8, 4) is 0 Å². The maximum absolute atomic E-state index is 13.2. The van der Waals surface area contributed by atoms with Gasteiger partial charge in [-0.05, 0) is 50.5 Å².